The highest BCUT2D eigenvalue weighted by Gasteiger charge is 2.51. The zero-order chi connectivity index (χ0) is 40.7. The second-order valence-corrected chi connectivity index (χ2v) is 14.3. The smallest absolute Gasteiger partial charge is 0.462 e. The van der Waals surface area contributed by atoms with Crippen molar-refractivity contribution in [2.24, 2.45) is 0 Å². The Balaban J connectivity index is 2.63. The SMILES string of the molecule is CC/C=C/C=C/C=C/C=C/C=C/CCCC(=O)OCC(COP(=O)(O)OC1C(O)C(O)C(O)[C@@H](O)C1O)OC(=O)CCCCCCC/C=C/C=C/C=C/CC. The number of rotatable bonds is 28. The fourth-order valence-corrected chi connectivity index (χ4v) is 5.99. The number of esters is 2. The minimum Gasteiger partial charge on any atom is -0.462 e. The van der Waals surface area contributed by atoms with E-state index in [1.54, 1.807) is 0 Å². The lowest BCUT2D eigenvalue weighted by molar-refractivity contribution is -0.220. The summed E-state index contributed by atoms with van der Waals surface area (Å²) in [5, 5.41) is 49.9. The molecule has 8 atom stereocenters. The van der Waals surface area contributed by atoms with Crippen LogP contribution in [0.4, 0.5) is 0 Å². The largest absolute Gasteiger partial charge is 0.472 e. The molecule has 0 aromatic carbocycles. The van der Waals surface area contributed by atoms with Gasteiger partial charge in [-0.15, -0.1) is 0 Å². The van der Waals surface area contributed by atoms with Crippen LogP contribution in [0.25, 0.3) is 0 Å². The molecule has 0 aromatic heterocycles. The predicted molar refractivity (Wildman–Crippen MR) is 211 cm³/mol. The van der Waals surface area contributed by atoms with Crippen molar-refractivity contribution in [3.63, 3.8) is 0 Å². The van der Waals surface area contributed by atoms with Gasteiger partial charge in [0.1, 0.15) is 43.2 Å². The summed E-state index contributed by atoms with van der Waals surface area (Å²) in [6, 6.07) is 0. The zero-order valence-corrected chi connectivity index (χ0v) is 33.1. The van der Waals surface area contributed by atoms with Crippen molar-refractivity contribution in [2.75, 3.05) is 13.2 Å². The van der Waals surface area contributed by atoms with E-state index in [2.05, 4.69) is 32.1 Å². The summed E-state index contributed by atoms with van der Waals surface area (Å²) in [4.78, 5) is 35.4. The van der Waals surface area contributed by atoms with Crippen molar-refractivity contribution in [3.05, 3.63) is 97.2 Å². The van der Waals surface area contributed by atoms with E-state index in [1.165, 1.54) is 0 Å². The molecule has 55 heavy (non-hydrogen) atoms. The molecule has 14 heteroatoms. The summed E-state index contributed by atoms with van der Waals surface area (Å²) >= 11 is 0. The summed E-state index contributed by atoms with van der Waals surface area (Å²) in [6.45, 7) is 2.88. The molecule has 310 valence electrons. The highest BCUT2D eigenvalue weighted by molar-refractivity contribution is 7.47. The Morgan fingerprint density at radius 1 is 0.564 bits per heavy atom. The summed E-state index contributed by atoms with van der Waals surface area (Å²) < 4.78 is 33.2. The number of allylic oxidation sites excluding steroid dienone is 16. The fourth-order valence-electron chi connectivity index (χ4n) is 5.02. The Labute approximate surface area is 326 Å². The van der Waals surface area contributed by atoms with Crippen molar-refractivity contribution < 1.29 is 63.1 Å². The number of phosphoric ester groups is 1. The van der Waals surface area contributed by atoms with Gasteiger partial charge in [0, 0.05) is 12.8 Å². The first kappa shape index (κ1) is 49.8. The van der Waals surface area contributed by atoms with E-state index in [0.717, 1.165) is 44.9 Å². The second kappa shape index (κ2) is 30.9. The predicted octanol–water partition coefficient (Wildman–Crippen LogP) is 5.93. The maximum absolute atomic E-state index is 12.7. The molecule has 1 rings (SSSR count). The number of carbonyl (C=O) groups excluding carboxylic acids is 2. The molecule has 0 aliphatic heterocycles. The maximum Gasteiger partial charge on any atom is 0.472 e. The van der Waals surface area contributed by atoms with Crippen LogP contribution in [0, 0.1) is 0 Å². The van der Waals surface area contributed by atoms with Gasteiger partial charge in [0.25, 0.3) is 0 Å². The van der Waals surface area contributed by atoms with Gasteiger partial charge < -0.3 is 39.9 Å². The van der Waals surface area contributed by atoms with E-state index >= 15 is 0 Å². The van der Waals surface area contributed by atoms with E-state index < -0.39 is 75.7 Å². The standard InChI is InChI=1S/C41H63O13P/c1-3-5-7-9-11-13-15-17-19-21-23-25-27-29-34(42)51-31-33(32-52-55(49,50)54-41-39(47)37(45)36(44)38(46)40(41)48)53-35(43)30-28-26-24-22-20-18-16-14-12-10-8-6-4-2/h5-17,19,21,23,33,36-41,44-48H,3-4,18,20,22,24-32H2,1-2H3,(H,49,50)/b7-5+,8-6+,11-9+,12-10+,15-13+,16-14+,19-17+,23-21+/t33?,36?,37-,38?,39?,40?,41?/m1/s1. The molecule has 0 spiro atoms. The summed E-state index contributed by atoms with van der Waals surface area (Å²) in [5.41, 5.74) is 0. The number of hydrogen-bond donors (Lipinski definition) is 6. The Morgan fingerprint density at radius 2 is 1.00 bits per heavy atom. The number of aliphatic hydroxyl groups is 5. The molecule has 6 N–H and O–H groups in total. The van der Waals surface area contributed by atoms with Crippen LogP contribution in [0.5, 0.6) is 0 Å². The molecule has 0 amide bonds. The molecule has 7 unspecified atom stereocenters. The van der Waals surface area contributed by atoms with Crippen molar-refractivity contribution >= 4 is 19.8 Å². The van der Waals surface area contributed by atoms with Crippen LogP contribution in [0.15, 0.2) is 97.2 Å². The van der Waals surface area contributed by atoms with E-state index in [1.807, 2.05) is 79.0 Å². The molecule has 0 aromatic rings. The topological polar surface area (TPSA) is 210 Å². The molecule has 0 radical (unpaired) electrons. The van der Waals surface area contributed by atoms with Gasteiger partial charge >= 0.3 is 19.8 Å². The van der Waals surface area contributed by atoms with Gasteiger partial charge in [-0.3, -0.25) is 18.6 Å². The van der Waals surface area contributed by atoms with Crippen LogP contribution in [-0.4, -0.2) is 98.3 Å². The first-order valence-electron chi connectivity index (χ1n) is 19.1. The van der Waals surface area contributed by atoms with Gasteiger partial charge in [0.2, 0.25) is 0 Å². The van der Waals surface area contributed by atoms with E-state index in [0.29, 0.717) is 19.3 Å². The van der Waals surface area contributed by atoms with Crippen LogP contribution < -0.4 is 0 Å². The number of aliphatic hydroxyl groups excluding tert-OH is 5. The van der Waals surface area contributed by atoms with Gasteiger partial charge in [-0.25, -0.2) is 4.57 Å². The Bertz CT molecular complexity index is 1330. The maximum atomic E-state index is 12.7. The van der Waals surface area contributed by atoms with Gasteiger partial charge in [0.15, 0.2) is 6.10 Å². The van der Waals surface area contributed by atoms with Gasteiger partial charge in [0.05, 0.1) is 6.61 Å². The number of carbonyl (C=O) groups is 2. The van der Waals surface area contributed by atoms with Gasteiger partial charge in [-0.05, 0) is 44.9 Å². The van der Waals surface area contributed by atoms with Crippen LogP contribution in [0.2, 0.25) is 0 Å². The molecule has 0 heterocycles. The molecule has 1 fully saturated rings. The monoisotopic (exact) mass is 794 g/mol. The lowest BCUT2D eigenvalue weighted by Crippen LogP contribution is -2.64. The lowest BCUT2D eigenvalue weighted by atomic mass is 9.85. The summed E-state index contributed by atoms with van der Waals surface area (Å²) in [7, 11) is -5.14. The van der Waals surface area contributed by atoms with Crippen molar-refractivity contribution in [1.29, 1.82) is 0 Å². The van der Waals surface area contributed by atoms with Crippen LogP contribution >= 0.6 is 7.82 Å². The number of phosphoric acid groups is 1. The molecule has 13 nitrogen and oxygen atoms in total. The minimum absolute atomic E-state index is 0.0514. The van der Waals surface area contributed by atoms with E-state index in [-0.39, 0.29) is 12.8 Å². The third kappa shape index (κ3) is 24.1. The van der Waals surface area contributed by atoms with Crippen LogP contribution in [0.1, 0.15) is 90.9 Å². The second-order valence-electron chi connectivity index (χ2n) is 12.8. The molecular weight excluding hydrogens is 731 g/mol. The third-order valence-electron chi connectivity index (χ3n) is 8.11. The third-order valence-corrected chi connectivity index (χ3v) is 9.10. The molecule has 1 saturated carbocycles. The summed E-state index contributed by atoms with van der Waals surface area (Å²) in [5.74, 6) is -1.23. The number of unbranched alkanes of at least 4 members (excludes halogenated alkanes) is 6. The Hall–Kier alpha value is -3.23. The van der Waals surface area contributed by atoms with E-state index in [4.69, 9.17) is 18.5 Å². The Morgan fingerprint density at radius 3 is 1.55 bits per heavy atom. The van der Waals surface area contributed by atoms with Gasteiger partial charge in [-0.2, -0.15) is 0 Å². The van der Waals surface area contributed by atoms with Gasteiger partial charge in [-0.1, -0.05) is 130 Å². The molecule has 0 saturated heterocycles. The van der Waals surface area contributed by atoms with Crippen LogP contribution in [0.3, 0.4) is 0 Å². The minimum atomic E-state index is -5.14. The fraction of sp³-hybridized carbons (Fsp3) is 0.561. The quantitative estimate of drug-likeness (QED) is 0.0235. The molecule has 1 aliphatic carbocycles. The van der Waals surface area contributed by atoms with E-state index in [9.17, 15) is 44.6 Å². The lowest BCUT2D eigenvalue weighted by Gasteiger charge is -2.41. The summed E-state index contributed by atoms with van der Waals surface area (Å²) in [6.07, 6.45) is 26.4. The average molecular weight is 795 g/mol. The van der Waals surface area contributed by atoms with Crippen LogP contribution in [-0.2, 0) is 32.7 Å². The number of ether oxygens (including phenoxy) is 2. The molecular formula is C41H63O13P. The first-order valence-corrected chi connectivity index (χ1v) is 20.6. The highest BCUT2D eigenvalue weighted by Crippen LogP contribution is 2.47. The average Bonchev–Trinajstić information content (AvgIpc) is 3.16. The normalized spacial score (nSPS) is 24.1. The van der Waals surface area contributed by atoms with Crippen molar-refractivity contribution in [3.8, 4) is 0 Å². The zero-order valence-electron chi connectivity index (χ0n) is 32.2. The molecule has 0 bridgehead atoms. The highest BCUT2D eigenvalue weighted by atomic mass is 31.2. The van der Waals surface area contributed by atoms with Crippen molar-refractivity contribution in [1.82, 2.24) is 0 Å². The first-order chi connectivity index (χ1) is 26.4. The Kier molecular flexibility index (Phi) is 28.0. The molecule has 1 aliphatic rings. The number of hydrogen-bond acceptors (Lipinski definition) is 12. The van der Waals surface area contributed by atoms with Crippen molar-refractivity contribution in [2.45, 2.75) is 134 Å².